The van der Waals surface area contributed by atoms with E-state index in [0.29, 0.717) is 0 Å². The molecule has 1 aliphatic heterocycles. The van der Waals surface area contributed by atoms with Crippen molar-refractivity contribution in [1.82, 2.24) is 10.7 Å². The van der Waals surface area contributed by atoms with E-state index in [4.69, 9.17) is 10.7 Å². The van der Waals surface area contributed by atoms with Crippen LogP contribution < -0.4 is 11.3 Å². The topological polar surface area (TPSA) is 50.5 Å². The molecule has 3 N–H and O–H groups in total. The molecule has 4 nitrogen and oxygen atoms in total. The Bertz CT molecular complexity index is 206. The molecule has 0 spiro atoms. The van der Waals surface area contributed by atoms with Gasteiger partial charge in [0.05, 0.1) is 5.70 Å². The fourth-order valence-corrected chi connectivity index (χ4v) is 1.87. The molecule has 94 valence electrons. The van der Waals surface area contributed by atoms with Crippen LogP contribution in [0, 0.1) is 0 Å². The zero-order valence-corrected chi connectivity index (χ0v) is 10.6. The van der Waals surface area contributed by atoms with Crippen LogP contribution in [0.15, 0.2) is 11.5 Å². The van der Waals surface area contributed by atoms with Crippen molar-refractivity contribution in [3.63, 3.8) is 0 Å². The van der Waals surface area contributed by atoms with Crippen LogP contribution in [-0.2, 0) is 4.84 Å². The molecule has 0 atom stereocenters. The predicted molar refractivity (Wildman–Crippen MR) is 65.6 cm³/mol. The number of unbranched alkanes of at least 4 members (excludes halogenated alkanes) is 4. The van der Waals surface area contributed by atoms with Crippen LogP contribution in [-0.4, -0.2) is 5.28 Å². The van der Waals surface area contributed by atoms with Crippen LogP contribution in [0.3, 0.4) is 0 Å². The highest BCUT2D eigenvalue weighted by Gasteiger charge is 2.19. The second-order valence-electron chi connectivity index (χ2n) is 4.34. The average molecular weight is 227 g/mol. The average Bonchev–Trinajstić information content (AvgIpc) is 2.60. The Labute approximate surface area is 98.7 Å². The Morgan fingerprint density at radius 2 is 1.69 bits per heavy atom. The first-order valence-corrected chi connectivity index (χ1v) is 6.49. The number of hydrogen-bond donors (Lipinski definition) is 2. The lowest BCUT2D eigenvalue weighted by Gasteiger charge is -2.08. The first-order chi connectivity index (χ1) is 7.77. The lowest BCUT2D eigenvalue weighted by molar-refractivity contribution is -0.132. The normalized spacial score (nSPS) is 16.4. The molecular formula is C12H25N3O. The van der Waals surface area contributed by atoms with Gasteiger partial charge in [-0.1, -0.05) is 39.5 Å². The molecule has 0 aromatic rings. The summed E-state index contributed by atoms with van der Waals surface area (Å²) >= 11 is 0. The number of rotatable bonds is 8. The first-order valence-electron chi connectivity index (χ1n) is 6.49. The zero-order chi connectivity index (χ0) is 11.8. The van der Waals surface area contributed by atoms with Gasteiger partial charge in [0, 0.05) is 11.7 Å². The molecule has 0 aromatic carbocycles. The third-order valence-electron chi connectivity index (χ3n) is 2.83. The van der Waals surface area contributed by atoms with E-state index in [2.05, 4.69) is 19.3 Å². The summed E-state index contributed by atoms with van der Waals surface area (Å²) in [5.74, 6) is 6.62. The second kappa shape index (κ2) is 7.52. The van der Waals surface area contributed by atoms with E-state index in [-0.39, 0.29) is 0 Å². The fraction of sp³-hybridized carbons (Fsp3) is 0.833. The number of allylic oxidation sites excluding steroid dienone is 2. The smallest absolute Gasteiger partial charge is 0.149 e. The Balaban J connectivity index is 2.36. The Morgan fingerprint density at radius 3 is 2.31 bits per heavy atom. The number of nitrogens with zero attached hydrogens (tertiary/aromatic N) is 1. The summed E-state index contributed by atoms with van der Waals surface area (Å²) in [5, 5.41) is 1.22. The highest BCUT2D eigenvalue weighted by atomic mass is 16.7. The van der Waals surface area contributed by atoms with Gasteiger partial charge in [-0.2, -0.15) is 0 Å². The van der Waals surface area contributed by atoms with E-state index in [0.717, 1.165) is 18.6 Å². The van der Waals surface area contributed by atoms with Crippen molar-refractivity contribution in [2.45, 2.75) is 65.2 Å². The summed E-state index contributed by atoms with van der Waals surface area (Å²) in [7, 11) is 0. The van der Waals surface area contributed by atoms with Crippen molar-refractivity contribution in [3.05, 3.63) is 11.5 Å². The number of nitrogens with two attached hydrogens (primary N) is 1. The van der Waals surface area contributed by atoms with Gasteiger partial charge in [0.1, 0.15) is 5.76 Å². The molecule has 0 saturated heterocycles. The largest absolute Gasteiger partial charge is 0.374 e. The minimum atomic E-state index is 0.996. The maximum absolute atomic E-state index is 5.58. The molecule has 0 unspecified atom stereocenters. The molecule has 1 rings (SSSR count). The van der Waals surface area contributed by atoms with Gasteiger partial charge in [-0.15, -0.1) is 0 Å². The minimum absolute atomic E-state index is 0.996. The van der Waals surface area contributed by atoms with Crippen molar-refractivity contribution in [3.8, 4) is 0 Å². The van der Waals surface area contributed by atoms with Crippen molar-refractivity contribution < 1.29 is 4.84 Å². The van der Waals surface area contributed by atoms with Gasteiger partial charge >= 0.3 is 0 Å². The Kier molecular flexibility index (Phi) is 6.26. The van der Waals surface area contributed by atoms with E-state index < -0.39 is 0 Å². The standard InChI is InChI=1S/C12H25N3O/c1-3-5-7-9-11-12(10-8-6-4-2)16-15(13)14-11/h14H,3-10,13H2,1-2H3. The van der Waals surface area contributed by atoms with Crippen LogP contribution >= 0.6 is 0 Å². The Morgan fingerprint density at radius 1 is 1.06 bits per heavy atom. The van der Waals surface area contributed by atoms with Crippen molar-refractivity contribution in [1.29, 1.82) is 0 Å². The molecule has 1 heterocycles. The van der Waals surface area contributed by atoms with Gasteiger partial charge in [-0.05, 0) is 19.3 Å². The van der Waals surface area contributed by atoms with Gasteiger partial charge in [-0.3, -0.25) is 5.43 Å². The summed E-state index contributed by atoms with van der Waals surface area (Å²) in [4.78, 5) is 5.43. The molecule has 0 aromatic heterocycles. The van der Waals surface area contributed by atoms with Crippen molar-refractivity contribution in [2.24, 2.45) is 5.84 Å². The van der Waals surface area contributed by atoms with E-state index in [9.17, 15) is 0 Å². The molecule has 16 heavy (non-hydrogen) atoms. The van der Waals surface area contributed by atoms with E-state index >= 15 is 0 Å². The molecule has 4 heteroatoms. The number of hydrogen-bond acceptors (Lipinski definition) is 4. The third-order valence-corrected chi connectivity index (χ3v) is 2.83. The molecule has 0 aliphatic carbocycles. The highest BCUT2D eigenvalue weighted by Crippen LogP contribution is 2.22. The van der Waals surface area contributed by atoms with Gasteiger partial charge in [-0.25, -0.2) is 5.84 Å². The quantitative estimate of drug-likeness (QED) is 0.494. The first kappa shape index (κ1) is 13.3. The van der Waals surface area contributed by atoms with Crippen LogP contribution in [0.2, 0.25) is 0 Å². The molecule has 0 fully saturated rings. The molecule has 0 amide bonds. The minimum Gasteiger partial charge on any atom is -0.374 e. The summed E-state index contributed by atoms with van der Waals surface area (Å²) in [6.45, 7) is 4.42. The van der Waals surface area contributed by atoms with Gasteiger partial charge in [0.15, 0.2) is 0 Å². The highest BCUT2D eigenvalue weighted by molar-refractivity contribution is 5.08. The molecule has 0 bridgehead atoms. The van der Waals surface area contributed by atoms with E-state index in [1.54, 1.807) is 0 Å². The molecule has 1 aliphatic rings. The van der Waals surface area contributed by atoms with Gasteiger partial charge in [0.25, 0.3) is 0 Å². The summed E-state index contributed by atoms with van der Waals surface area (Å²) in [6, 6.07) is 0. The van der Waals surface area contributed by atoms with Crippen LogP contribution in [0.25, 0.3) is 0 Å². The van der Waals surface area contributed by atoms with Crippen molar-refractivity contribution in [2.75, 3.05) is 0 Å². The van der Waals surface area contributed by atoms with Gasteiger partial charge < -0.3 is 4.84 Å². The molecular weight excluding hydrogens is 202 g/mol. The summed E-state index contributed by atoms with van der Waals surface area (Å²) < 4.78 is 0. The lowest BCUT2D eigenvalue weighted by atomic mass is 10.1. The Hall–Kier alpha value is -0.740. The number of nitrogens with one attached hydrogen (secondary N) is 1. The lowest BCUT2D eigenvalue weighted by Crippen LogP contribution is -2.37. The summed E-state index contributed by atoms with van der Waals surface area (Å²) in [5.41, 5.74) is 4.23. The third kappa shape index (κ3) is 4.41. The number of hydrazine groups is 2. The van der Waals surface area contributed by atoms with Crippen molar-refractivity contribution >= 4 is 0 Å². The second-order valence-corrected chi connectivity index (χ2v) is 4.34. The molecule has 0 saturated carbocycles. The molecule has 0 radical (unpaired) electrons. The maximum Gasteiger partial charge on any atom is 0.149 e. The predicted octanol–water partition coefficient (Wildman–Crippen LogP) is 2.98. The monoisotopic (exact) mass is 227 g/mol. The summed E-state index contributed by atoms with van der Waals surface area (Å²) in [6.07, 6.45) is 9.41. The fourth-order valence-electron chi connectivity index (χ4n) is 1.87. The SMILES string of the molecule is CCCCCC1=C(CCCCC)ON(N)N1. The van der Waals surface area contributed by atoms with Crippen LogP contribution in [0.5, 0.6) is 0 Å². The maximum atomic E-state index is 5.58. The van der Waals surface area contributed by atoms with Gasteiger partial charge in [0.2, 0.25) is 0 Å². The van der Waals surface area contributed by atoms with Crippen LogP contribution in [0.4, 0.5) is 0 Å². The zero-order valence-electron chi connectivity index (χ0n) is 10.6. The van der Waals surface area contributed by atoms with E-state index in [1.165, 1.54) is 49.5 Å². The van der Waals surface area contributed by atoms with E-state index in [1.807, 2.05) is 0 Å². The van der Waals surface area contributed by atoms with Crippen LogP contribution in [0.1, 0.15) is 65.2 Å².